The van der Waals surface area contributed by atoms with Crippen LogP contribution < -0.4 is 5.32 Å². The van der Waals surface area contributed by atoms with E-state index < -0.39 is 0 Å². The van der Waals surface area contributed by atoms with Gasteiger partial charge in [0.25, 0.3) is 0 Å². The average molecular weight is 290 g/mol. The highest BCUT2D eigenvalue weighted by atomic mass is 32.2. The Morgan fingerprint density at radius 3 is 2.70 bits per heavy atom. The van der Waals surface area contributed by atoms with Gasteiger partial charge in [0.05, 0.1) is 0 Å². The molecule has 1 aromatic rings. The molecule has 1 aliphatic heterocycles. The highest BCUT2D eigenvalue weighted by Crippen LogP contribution is 2.13. The van der Waals surface area contributed by atoms with Crippen LogP contribution in [0.15, 0.2) is 43.0 Å². The van der Waals surface area contributed by atoms with Crippen molar-refractivity contribution in [2.24, 2.45) is 0 Å². The molecule has 1 aliphatic rings. The zero-order valence-corrected chi connectivity index (χ0v) is 13.1. The summed E-state index contributed by atoms with van der Waals surface area (Å²) in [5, 5.41) is 3.68. The molecule has 0 saturated carbocycles. The lowest BCUT2D eigenvalue weighted by Gasteiger charge is -2.32. The lowest BCUT2D eigenvalue weighted by atomic mass is 10.0. The van der Waals surface area contributed by atoms with Crippen molar-refractivity contribution >= 4 is 11.8 Å². The first kappa shape index (κ1) is 15.6. The molecule has 3 heteroatoms. The Balaban J connectivity index is 1.59. The van der Waals surface area contributed by atoms with E-state index in [1.54, 1.807) is 0 Å². The standard InChI is InChI=1S/C17H26N2S/c1-2-13-20-14-10-18-17-8-11-19(12-9-17)15-16-6-4-3-5-7-16/h2-7,17-18H,1,8-15H2. The van der Waals surface area contributed by atoms with Gasteiger partial charge in [-0.1, -0.05) is 36.4 Å². The number of piperidine rings is 1. The monoisotopic (exact) mass is 290 g/mol. The summed E-state index contributed by atoms with van der Waals surface area (Å²) >= 11 is 1.95. The fraction of sp³-hybridized carbons (Fsp3) is 0.529. The van der Waals surface area contributed by atoms with E-state index in [0.717, 1.165) is 18.8 Å². The van der Waals surface area contributed by atoms with E-state index in [1.807, 2.05) is 17.8 Å². The number of benzene rings is 1. The van der Waals surface area contributed by atoms with E-state index in [0.29, 0.717) is 6.04 Å². The lowest BCUT2D eigenvalue weighted by molar-refractivity contribution is 0.192. The number of thioether (sulfide) groups is 1. The summed E-state index contributed by atoms with van der Waals surface area (Å²) in [5.41, 5.74) is 1.43. The fourth-order valence-electron chi connectivity index (χ4n) is 2.64. The summed E-state index contributed by atoms with van der Waals surface area (Å²) in [5.74, 6) is 2.26. The van der Waals surface area contributed by atoms with Gasteiger partial charge >= 0.3 is 0 Å². The highest BCUT2D eigenvalue weighted by molar-refractivity contribution is 7.99. The van der Waals surface area contributed by atoms with Crippen molar-refractivity contribution in [3.8, 4) is 0 Å². The van der Waals surface area contributed by atoms with Gasteiger partial charge in [0, 0.05) is 30.6 Å². The van der Waals surface area contributed by atoms with Crippen LogP contribution >= 0.6 is 11.8 Å². The van der Waals surface area contributed by atoms with Crippen LogP contribution in [-0.4, -0.2) is 42.1 Å². The van der Waals surface area contributed by atoms with Crippen LogP contribution in [0.2, 0.25) is 0 Å². The summed E-state index contributed by atoms with van der Waals surface area (Å²) < 4.78 is 0. The summed E-state index contributed by atoms with van der Waals surface area (Å²) in [6.45, 7) is 8.40. The molecule has 1 aromatic carbocycles. The molecule has 0 aromatic heterocycles. The van der Waals surface area contributed by atoms with Crippen molar-refractivity contribution in [3.05, 3.63) is 48.6 Å². The van der Waals surface area contributed by atoms with E-state index in [2.05, 4.69) is 47.1 Å². The molecule has 0 radical (unpaired) electrons. The average Bonchev–Trinajstić information content (AvgIpc) is 2.50. The molecule has 1 heterocycles. The molecule has 2 nitrogen and oxygen atoms in total. The highest BCUT2D eigenvalue weighted by Gasteiger charge is 2.18. The summed E-state index contributed by atoms with van der Waals surface area (Å²) in [7, 11) is 0. The third kappa shape index (κ3) is 5.70. The molecule has 20 heavy (non-hydrogen) atoms. The second-order valence-electron chi connectivity index (χ2n) is 5.35. The first-order valence-electron chi connectivity index (χ1n) is 7.57. The van der Waals surface area contributed by atoms with Crippen LogP contribution in [0.3, 0.4) is 0 Å². The zero-order chi connectivity index (χ0) is 14.0. The van der Waals surface area contributed by atoms with Crippen molar-refractivity contribution in [2.75, 3.05) is 31.1 Å². The van der Waals surface area contributed by atoms with Gasteiger partial charge in [0.2, 0.25) is 0 Å². The molecular formula is C17H26N2S. The first-order valence-corrected chi connectivity index (χ1v) is 8.72. The smallest absolute Gasteiger partial charge is 0.0233 e. The van der Waals surface area contributed by atoms with E-state index >= 15 is 0 Å². The Bertz CT molecular complexity index is 372. The molecule has 0 unspecified atom stereocenters. The van der Waals surface area contributed by atoms with Gasteiger partial charge in [-0.2, -0.15) is 11.8 Å². The van der Waals surface area contributed by atoms with E-state index in [1.165, 1.54) is 37.2 Å². The minimum atomic E-state index is 0.714. The van der Waals surface area contributed by atoms with Crippen LogP contribution in [-0.2, 0) is 6.54 Å². The van der Waals surface area contributed by atoms with Gasteiger partial charge in [0.1, 0.15) is 0 Å². The number of hydrogen-bond acceptors (Lipinski definition) is 3. The Kier molecular flexibility index (Phi) is 7.20. The fourth-order valence-corrected chi connectivity index (χ4v) is 3.23. The quantitative estimate of drug-likeness (QED) is 0.585. The molecule has 2 rings (SSSR count). The van der Waals surface area contributed by atoms with Gasteiger partial charge in [-0.3, -0.25) is 4.90 Å². The number of nitrogens with one attached hydrogen (secondary N) is 1. The number of hydrogen-bond donors (Lipinski definition) is 1. The van der Waals surface area contributed by atoms with Crippen molar-refractivity contribution in [1.82, 2.24) is 10.2 Å². The van der Waals surface area contributed by atoms with E-state index in [-0.39, 0.29) is 0 Å². The van der Waals surface area contributed by atoms with Crippen LogP contribution in [0, 0.1) is 0 Å². The Hall–Kier alpha value is -0.770. The van der Waals surface area contributed by atoms with Crippen LogP contribution in [0.4, 0.5) is 0 Å². The molecule has 1 N–H and O–H groups in total. The van der Waals surface area contributed by atoms with E-state index in [4.69, 9.17) is 0 Å². The van der Waals surface area contributed by atoms with Gasteiger partial charge in [-0.05, 0) is 31.5 Å². The molecule has 0 amide bonds. The van der Waals surface area contributed by atoms with Crippen molar-refractivity contribution in [2.45, 2.75) is 25.4 Å². The summed E-state index contributed by atoms with van der Waals surface area (Å²) in [6, 6.07) is 11.5. The topological polar surface area (TPSA) is 15.3 Å². The molecule has 0 aliphatic carbocycles. The first-order chi connectivity index (χ1) is 9.88. The molecule has 1 fully saturated rings. The lowest BCUT2D eigenvalue weighted by Crippen LogP contribution is -2.42. The number of nitrogens with zero attached hydrogens (tertiary/aromatic N) is 1. The summed E-state index contributed by atoms with van der Waals surface area (Å²) in [6.07, 6.45) is 4.53. The van der Waals surface area contributed by atoms with Crippen LogP contribution in [0.1, 0.15) is 18.4 Å². The SMILES string of the molecule is C=CCSCCNC1CCN(Cc2ccccc2)CC1. The minimum Gasteiger partial charge on any atom is -0.313 e. The van der Waals surface area contributed by atoms with Crippen LogP contribution in [0.5, 0.6) is 0 Å². The summed E-state index contributed by atoms with van der Waals surface area (Å²) in [4.78, 5) is 2.57. The molecule has 110 valence electrons. The van der Waals surface area contributed by atoms with Crippen molar-refractivity contribution in [3.63, 3.8) is 0 Å². The van der Waals surface area contributed by atoms with Gasteiger partial charge < -0.3 is 5.32 Å². The number of rotatable bonds is 8. The minimum absolute atomic E-state index is 0.714. The van der Waals surface area contributed by atoms with E-state index in [9.17, 15) is 0 Å². The molecule has 0 spiro atoms. The maximum Gasteiger partial charge on any atom is 0.0233 e. The van der Waals surface area contributed by atoms with Gasteiger partial charge in [-0.15, -0.1) is 6.58 Å². The molecular weight excluding hydrogens is 264 g/mol. The van der Waals surface area contributed by atoms with Crippen molar-refractivity contribution < 1.29 is 0 Å². The van der Waals surface area contributed by atoms with Crippen molar-refractivity contribution in [1.29, 1.82) is 0 Å². The second-order valence-corrected chi connectivity index (χ2v) is 6.50. The second kappa shape index (κ2) is 9.22. The molecule has 1 saturated heterocycles. The zero-order valence-electron chi connectivity index (χ0n) is 12.3. The third-order valence-corrected chi connectivity index (χ3v) is 4.72. The number of likely N-dealkylation sites (tertiary alicyclic amines) is 1. The predicted octanol–water partition coefficient (Wildman–Crippen LogP) is 3.16. The molecule has 0 bridgehead atoms. The predicted molar refractivity (Wildman–Crippen MR) is 90.3 cm³/mol. The molecule has 0 atom stereocenters. The van der Waals surface area contributed by atoms with Gasteiger partial charge in [-0.25, -0.2) is 0 Å². The Labute approximate surface area is 127 Å². The normalized spacial score (nSPS) is 17.2. The largest absolute Gasteiger partial charge is 0.313 e. The Morgan fingerprint density at radius 1 is 1.25 bits per heavy atom. The van der Waals surface area contributed by atoms with Crippen LogP contribution in [0.25, 0.3) is 0 Å². The Morgan fingerprint density at radius 2 is 2.00 bits per heavy atom. The third-order valence-electron chi connectivity index (χ3n) is 3.75. The van der Waals surface area contributed by atoms with Gasteiger partial charge in [0.15, 0.2) is 0 Å². The maximum absolute atomic E-state index is 3.74. The maximum atomic E-state index is 3.74.